The summed E-state index contributed by atoms with van der Waals surface area (Å²) >= 11 is 0. The first-order valence-corrected chi connectivity index (χ1v) is 6.31. The molecule has 0 bridgehead atoms. The Labute approximate surface area is 97.7 Å². The van der Waals surface area contributed by atoms with Gasteiger partial charge in [-0.15, -0.1) is 0 Å². The van der Waals surface area contributed by atoms with E-state index in [2.05, 4.69) is 22.2 Å². The molecule has 1 fully saturated rings. The van der Waals surface area contributed by atoms with Gasteiger partial charge in [0.1, 0.15) is 12.1 Å². The molecule has 1 heterocycles. The van der Waals surface area contributed by atoms with Crippen molar-refractivity contribution >= 4 is 5.82 Å². The van der Waals surface area contributed by atoms with Gasteiger partial charge in [-0.05, 0) is 32.6 Å². The topological polar surface area (TPSA) is 37.8 Å². The van der Waals surface area contributed by atoms with Crippen molar-refractivity contribution < 1.29 is 0 Å². The fraction of sp³-hybridized carbons (Fsp3) is 0.692. The van der Waals surface area contributed by atoms with Crippen molar-refractivity contribution in [2.45, 2.75) is 52.0 Å². The van der Waals surface area contributed by atoms with Crippen molar-refractivity contribution in [1.29, 1.82) is 0 Å². The third-order valence-electron chi connectivity index (χ3n) is 3.54. The van der Waals surface area contributed by atoms with Crippen LogP contribution in [0.25, 0.3) is 0 Å². The van der Waals surface area contributed by atoms with E-state index >= 15 is 0 Å². The number of nitrogens with one attached hydrogen (secondary N) is 1. The Morgan fingerprint density at radius 1 is 1.25 bits per heavy atom. The average Bonchev–Trinajstić information content (AvgIpc) is 2.30. The zero-order valence-electron chi connectivity index (χ0n) is 10.2. The smallest absolute Gasteiger partial charge is 0.129 e. The molecule has 1 saturated carbocycles. The van der Waals surface area contributed by atoms with Gasteiger partial charge in [0, 0.05) is 17.8 Å². The molecular weight excluding hydrogens is 198 g/mol. The Kier molecular flexibility index (Phi) is 3.75. The van der Waals surface area contributed by atoms with E-state index < -0.39 is 0 Å². The van der Waals surface area contributed by atoms with E-state index in [0.29, 0.717) is 6.04 Å². The highest BCUT2D eigenvalue weighted by Gasteiger charge is 2.19. The first-order chi connectivity index (χ1) is 7.75. The SMILES string of the molecule is Cc1cc(NC(C)C2CCCCC2)ncn1. The molecule has 0 amide bonds. The molecule has 1 unspecified atom stereocenters. The third kappa shape index (κ3) is 2.94. The lowest BCUT2D eigenvalue weighted by Gasteiger charge is -2.28. The lowest BCUT2D eigenvalue weighted by molar-refractivity contribution is 0.328. The number of hydrogen-bond acceptors (Lipinski definition) is 3. The minimum atomic E-state index is 0.523. The van der Waals surface area contributed by atoms with Crippen LogP contribution in [0.15, 0.2) is 12.4 Å². The van der Waals surface area contributed by atoms with Gasteiger partial charge in [0.2, 0.25) is 0 Å². The van der Waals surface area contributed by atoms with Crippen LogP contribution in [0.2, 0.25) is 0 Å². The van der Waals surface area contributed by atoms with E-state index in [0.717, 1.165) is 17.4 Å². The highest BCUT2D eigenvalue weighted by Crippen LogP contribution is 2.27. The van der Waals surface area contributed by atoms with Crippen LogP contribution in [0, 0.1) is 12.8 Å². The summed E-state index contributed by atoms with van der Waals surface area (Å²) in [5, 5.41) is 3.50. The van der Waals surface area contributed by atoms with Crippen LogP contribution < -0.4 is 5.32 Å². The van der Waals surface area contributed by atoms with Gasteiger partial charge in [0.15, 0.2) is 0 Å². The zero-order chi connectivity index (χ0) is 11.4. The minimum Gasteiger partial charge on any atom is -0.367 e. The maximum atomic E-state index is 4.25. The largest absolute Gasteiger partial charge is 0.367 e. The van der Waals surface area contributed by atoms with Crippen LogP contribution in [-0.2, 0) is 0 Å². The van der Waals surface area contributed by atoms with Gasteiger partial charge in [-0.1, -0.05) is 19.3 Å². The monoisotopic (exact) mass is 219 g/mol. The van der Waals surface area contributed by atoms with Crippen LogP contribution in [-0.4, -0.2) is 16.0 Å². The Bertz CT molecular complexity index is 332. The van der Waals surface area contributed by atoms with E-state index in [9.17, 15) is 0 Å². The summed E-state index contributed by atoms with van der Waals surface area (Å²) in [5.74, 6) is 1.77. The fourth-order valence-corrected chi connectivity index (χ4v) is 2.52. The van der Waals surface area contributed by atoms with Gasteiger partial charge in [0.05, 0.1) is 0 Å². The van der Waals surface area contributed by atoms with Crippen LogP contribution in [0.5, 0.6) is 0 Å². The van der Waals surface area contributed by atoms with E-state index in [1.54, 1.807) is 6.33 Å². The molecule has 3 heteroatoms. The van der Waals surface area contributed by atoms with Gasteiger partial charge in [-0.2, -0.15) is 0 Å². The van der Waals surface area contributed by atoms with Gasteiger partial charge in [-0.25, -0.2) is 9.97 Å². The number of aromatic nitrogens is 2. The maximum absolute atomic E-state index is 4.25. The lowest BCUT2D eigenvalue weighted by atomic mass is 9.84. The van der Waals surface area contributed by atoms with Crippen molar-refractivity contribution in [2.75, 3.05) is 5.32 Å². The molecule has 0 saturated heterocycles. The molecule has 0 aromatic carbocycles. The van der Waals surface area contributed by atoms with Crippen LogP contribution >= 0.6 is 0 Å². The predicted octanol–water partition coefficient (Wildman–Crippen LogP) is 3.17. The summed E-state index contributed by atoms with van der Waals surface area (Å²) in [6.45, 7) is 4.27. The molecule has 1 N–H and O–H groups in total. The first-order valence-electron chi connectivity index (χ1n) is 6.31. The molecule has 1 aromatic heterocycles. The molecule has 88 valence electrons. The van der Waals surface area contributed by atoms with E-state index in [-0.39, 0.29) is 0 Å². The number of hydrogen-bond donors (Lipinski definition) is 1. The first kappa shape index (κ1) is 11.4. The second kappa shape index (κ2) is 5.28. The fourth-order valence-electron chi connectivity index (χ4n) is 2.52. The second-order valence-corrected chi connectivity index (χ2v) is 4.88. The molecule has 3 nitrogen and oxygen atoms in total. The second-order valence-electron chi connectivity index (χ2n) is 4.88. The summed E-state index contributed by atoms with van der Waals surface area (Å²) in [6, 6.07) is 2.54. The van der Waals surface area contributed by atoms with Gasteiger partial charge >= 0.3 is 0 Å². The van der Waals surface area contributed by atoms with Gasteiger partial charge in [0.25, 0.3) is 0 Å². The van der Waals surface area contributed by atoms with Crippen LogP contribution in [0.3, 0.4) is 0 Å². The highest BCUT2D eigenvalue weighted by atomic mass is 15.0. The Hall–Kier alpha value is -1.12. The normalized spacial score (nSPS) is 19.4. The molecule has 1 aromatic rings. The Balaban J connectivity index is 1.93. The van der Waals surface area contributed by atoms with Gasteiger partial charge < -0.3 is 5.32 Å². The van der Waals surface area contributed by atoms with Gasteiger partial charge in [-0.3, -0.25) is 0 Å². The van der Waals surface area contributed by atoms with Crippen molar-refractivity contribution in [3.8, 4) is 0 Å². The highest BCUT2D eigenvalue weighted by molar-refractivity contribution is 5.35. The van der Waals surface area contributed by atoms with Crippen molar-refractivity contribution in [1.82, 2.24) is 9.97 Å². The Morgan fingerprint density at radius 2 is 2.00 bits per heavy atom. The molecule has 1 aliphatic carbocycles. The maximum Gasteiger partial charge on any atom is 0.129 e. The number of nitrogens with zero attached hydrogens (tertiary/aromatic N) is 2. The summed E-state index contributed by atoms with van der Waals surface area (Å²) in [7, 11) is 0. The molecule has 0 spiro atoms. The number of aryl methyl sites for hydroxylation is 1. The van der Waals surface area contributed by atoms with Crippen LogP contribution in [0.4, 0.5) is 5.82 Å². The lowest BCUT2D eigenvalue weighted by Crippen LogP contribution is -2.28. The predicted molar refractivity (Wildman–Crippen MR) is 66.4 cm³/mol. The molecule has 2 rings (SSSR count). The minimum absolute atomic E-state index is 0.523. The summed E-state index contributed by atoms with van der Waals surface area (Å²) in [5.41, 5.74) is 1.02. The van der Waals surface area contributed by atoms with E-state index in [4.69, 9.17) is 0 Å². The van der Waals surface area contributed by atoms with E-state index in [1.165, 1.54) is 32.1 Å². The average molecular weight is 219 g/mol. The van der Waals surface area contributed by atoms with Crippen molar-refractivity contribution in [3.05, 3.63) is 18.1 Å². The van der Waals surface area contributed by atoms with Crippen molar-refractivity contribution in [3.63, 3.8) is 0 Å². The molecule has 0 radical (unpaired) electrons. The summed E-state index contributed by atoms with van der Waals surface area (Å²) in [4.78, 5) is 8.36. The quantitative estimate of drug-likeness (QED) is 0.848. The number of anilines is 1. The van der Waals surface area contributed by atoms with E-state index in [1.807, 2.05) is 13.0 Å². The standard InChI is InChI=1S/C13H21N3/c1-10-8-13(15-9-14-10)16-11(2)12-6-4-3-5-7-12/h8-9,11-12H,3-7H2,1-2H3,(H,14,15,16). The molecular formula is C13H21N3. The molecule has 1 atom stereocenters. The summed E-state index contributed by atoms with van der Waals surface area (Å²) in [6.07, 6.45) is 8.54. The van der Waals surface area contributed by atoms with Crippen molar-refractivity contribution in [2.24, 2.45) is 5.92 Å². The Morgan fingerprint density at radius 3 is 2.69 bits per heavy atom. The third-order valence-corrected chi connectivity index (χ3v) is 3.54. The molecule has 16 heavy (non-hydrogen) atoms. The summed E-state index contributed by atoms with van der Waals surface area (Å²) < 4.78 is 0. The van der Waals surface area contributed by atoms with Crippen LogP contribution in [0.1, 0.15) is 44.7 Å². The zero-order valence-corrected chi connectivity index (χ0v) is 10.2. The number of rotatable bonds is 3. The molecule has 0 aliphatic heterocycles. The molecule has 1 aliphatic rings.